The first kappa shape index (κ1) is 13.9. The molecule has 0 unspecified atom stereocenters. The van der Waals surface area contributed by atoms with Gasteiger partial charge in [0.15, 0.2) is 0 Å². The Labute approximate surface area is 125 Å². The Morgan fingerprint density at radius 2 is 1.95 bits per heavy atom. The predicted octanol–water partition coefficient (Wildman–Crippen LogP) is 0.762. The van der Waals surface area contributed by atoms with E-state index in [1.54, 1.807) is 12.4 Å². The van der Waals surface area contributed by atoms with E-state index in [1.165, 1.54) is 5.69 Å². The SMILES string of the molecule is Cn1nccc1CCN1CCN(c2ccncc2N)CC1. The van der Waals surface area contributed by atoms with Crippen molar-refractivity contribution in [1.29, 1.82) is 0 Å². The molecule has 0 spiro atoms. The highest BCUT2D eigenvalue weighted by atomic mass is 15.3. The Morgan fingerprint density at radius 3 is 2.62 bits per heavy atom. The van der Waals surface area contributed by atoms with Gasteiger partial charge >= 0.3 is 0 Å². The lowest BCUT2D eigenvalue weighted by molar-refractivity contribution is 0.259. The van der Waals surface area contributed by atoms with Crippen LogP contribution in [0.3, 0.4) is 0 Å². The highest BCUT2D eigenvalue weighted by molar-refractivity contribution is 5.66. The molecular formula is C15H22N6. The minimum absolute atomic E-state index is 0.765. The first-order chi connectivity index (χ1) is 10.2. The van der Waals surface area contributed by atoms with Crippen molar-refractivity contribution in [3.05, 3.63) is 36.4 Å². The number of rotatable bonds is 4. The lowest BCUT2D eigenvalue weighted by Crippen LogP contribution is -2.47. The van der Waals surface area contributed by atoms with E-state index in [0.29, 0.717) is 0 Å². The van der Waals surface area contributed by atoms with Gasteiger partial charge in [-0.15, -0.1) is 0 Å². The average molecular weight is 286 g/mol. The predicted molar refractivity (Wildman–Crippen MR) is 84.2 cm³/mol. The molecule has 21 heavy (non-hydrogen) atoms. The maximum absolute atomic E-state index is 6.00. The lowest BCUT2D eigenvalue weighted by Gasteiger charge is -2.36. The van der Waals surface area contributed by atoms with E-state index in [4.69, 9.17) is 5.73 Å². The van der Waals surface area contributed by atoms with E-state index in [2.05, 4.69) is 25.9 Å². The molecule has 0 atom stereocenters. The topological polar surface area (TPSA) is 63.2 Å². The van der Waals surface area contributed by atoms with Gasteiger partial charge in [-0.2, -0.15) is 5.10 Å². The second-order valence-electron chi connectivity index (χ2n) is 5.46. The number of nitrogens with two attached hydrogens (primary N) is 1. The van der Waals surface area contributed by atoms with E-state index in [1.807, 2.05) is 24.0 Å². The highest BCUT2D eigenvalue weighted by Gasteiger charge is 2.18. The van der Waals surface area contributed by atoms with Gasteiger partial charge in [0.1, 0.15) is 0 Å². The number of anilines is 2. The molecule has 0 saturated carbocycles. The van der Waals surface area contributed by atoms with Crippen molar-refractivity contribution in [2.75, 3.05) is 43.4 Å². The molecule has 3 rings (SSSR count). The molecule has 0 amide bonds. The number of pyridine rings is 1. The van der Waals surface area contributed by atoms with Gasteiger partial charge in [0.25, 0.3) is 0 Å². The third-order valence-corrected chi connectivity index (χ3v) is 4.15. The first-order valence-electron chi connectivity index (χ1n) is 7.38. The van der Waals surface area contributed by atoms with Crippen LogP contribution in [0.25, 0.3) is 0 Å². The van der Waals surface area contributed by atoms with Crippen molar-refractivity contribution in [1.82, 2.24) is 19.7 Å². The van der Waals surface area contributed by atoms with Crippen LogP contribution >= 0.6 is 0 Å². The average Bonchev–Trinajstić information content (AvgIpc) is 2.92. The third kappa shape index (κ3) is 3.16. The van der Waals surface area contributed by atoms with Crippen LogP contribution in [0, 0.1) is 0 Å². The van der Waals surface area contributed by atoms with Crippen LogP contribution < -0.4 is 10.6 Å². The second kappa shape index (κ2) is 6.13. The molecule has 0 radical (unpaired) electrons. The maximum Gasteiger partial charge on any atom is 0.0738 e. The van der Waals surface area contributed by atoms with Crippen LogP contribution in [0.1, 0.15) is 5.69 Å². The van der Waals surface area contributed by atoms with Crippen LogP contribution in [0.2, 0.25) is 0 Å². The molecule has 6 heteroatoms. The van der Waals surface area contributed by atoms with Crippen molar-refractivity contribution in [2.24, 2.45) is 7.05 Å². The fourth-order valence-corrected chi connectivity index (χ4v) is 2.82. The number of nitrogens with zero attached hydrogens (tertiary/aromatic N) is 5. The fourth-order valence-electron chi connectivity index (χ4n) is 2.82. The second-order valence-corrected chi connectivity index (χ2v) is 5.46. The Bertz CT molecular complexity index is 585. The summed E-state index contributed by atoms with van der Waals surface area (Å²) in [7, 11) is 2.00. The summed E-state index contributed by atoms with van der Waals surface area (Å²) in [6, 6.07) is 4.09. The van der Waals surface area contributed by atoms with Crippen LogP contribution in [0.15, 0.2) is 30.7 Å². The van der Waals surface area contributed by atoms with Crippen molar-refractivity contribution in [2.45, 2.75) is 6.42 Å². The number of nitrogen functional groups attached to an aromatic ring is 1. The number of aromatic nitrogens is 3. The number of hydrogen-bond acceptors (Lipinski definition) is 5. The van der Waals surface area contributed by atoms with Crippen molar-refractivity contribution >= 4 is 11.4 Å². The maximum atomic E-state index is 6.00. The van der Waals surface area contributed by atoms with E-state index in [0.717, 1.165) is 50.5 Å². The molecule has 3 heterocycles. The molecule has 2 aromatic heterocycles. The summed E-state index contributed by atoms with van der Waals surface area (Å²) in [6.45, 7) is 5.25. The summed E-state index contributed by atoms with van der Waals surface area (Å²) >= 11 is 0. The van der Waals surface area contributed by atoms with Crippen molar-refractivity contribution < 1.29 is 0 Å². The molecule has 1 aliphatic rings. The molecule has 0 aromatic carbocycles. The van der Waals surface area contributed by atoms with Crippen LogP contribution in [0.4, 0.5) is 11.4 Å². The fraction of sp³-hybridized carbons (Fsp3) is 0.467. The Morgan fingerprint density at radius 1 is 1.14 bits per heavy atom. The molecule has 6 nitrogen and oxygen atoms in total. The molecule has 2 aromatic rings. The summed E-state index contributed by atoms with van der Waals surface area (Å²) in [5.74, 6) is 0. The summed E-state index contributed by atoms with van der Waals surface area (Å²) in [5, 5.41) is 4.21. The van der Waals surface area contributed by atoms with Gasteiger partial charge in [-0.25, -0.2) is 0 Å². The highest BCUT2D eigenvalue weighted by Crippen LogP contribution is 2.22. The molecule has 0 bridgehead atoms. The third-order valence-electron chi connectivity index (χ3n) is 4.15. The zero-order valence-corrected chi connectivity index (χ0v) is 12.4. The molecular weight excluding hydrogens is 264 g/mol. The number of hydrogen-bond donors (Lipinski definition) is 1. The zero-order valence-electron chi connectivity index (χ0n) is 12.4. The number of aryl methyl sites for hydroxylation is 1. The summed E-state index contributed by atoms with van der Waals surface area (Å²) in [6.07, 6.45) is 6.44. The summed E-state index contributed by atoms with van der Waals surface area (Å²) in [5.41, 5.74) is 9.16. The summed E-state index contributed by atoms with van der Waals surface area (Å²) < 4.78 is 1.95. The minimum Gasteiger partial charge on any atom is -0.396 e. The number of piperazine rings is 1. The van der Waals surface area contributed by atoms with Crippen LogP contribution in [-0.4, -0.2) is 52.4 Å². The minimum atomic E-state index is 0.765. The molecule has 1 saturated heterocycles. The normalized spacial score (nSPS) is 16.3. The van der Waals surface area contributed by atoms with E-state index in [9.17, 15) is 0 Å². The first-order valence-corrected chi connectivity index (χ1v) is 7.38. The summed E-state index contributed by atoms with van der Waals surface area (Å²) in [4.78, 5) is 8.90. The van der Waals surface area contributed by atoms with Gasteiger partial charge in [0, 0.05) is 64.3 Å². The molecule has 1 fully saturated rings. The van der Waals surface area contributed by atoms with E-state index >= 15 is 0 Å². The van der Waals surface area contributed by atoms with Gasteiger partial charge in [0.2, 0.25) is 0 Å². The van der Waals surface area contributed by atoms with Gasteiger partial charge in [0.05, 0.1) is 17.6 Å². The Kier molecular flexibility index (Phi) is 4.06. The van der Waals surface area contributed by atoms with E-state index < -0.39 is 0 Å². The molecule has 112 valence electrons. The Balaban J connectivity index is 1.51. The molecule has 1 aliphatic heterocycles. The van der Waals surface area contributed by atoms with Crippen molar-refractivity contribution in [3.63, 3.8) is 0 Å². The van der Waals surface area contributed by atoms with Gasteiger partial charge < -0.3 is 10.6 Å². The van der Waals surface area contributed by atoms with Gasteiger partial charge in [-0.3, -0.25) is 14.6 Å². The van der Waals surface area contributed by atoms with Gasteiger partial charge in [-0.1, -0.05) is 0 Å². The monoisotopic (exact) mass is 286 g/mol. The largest absolute Gasteiger partial charge is 0.396 e. The quantitative estimate of drug-likeness (QED) is 0.899. The standard InChI is InChI=1S/C15H22N6/c1-19-13(2-6-18-19)4-7-20-8-10-21(11-9-20)15-3-5-17-12-14(15)16/h2-3,5-6,12H,4,7-11,16H2,1H3. The lowest BCUT2D eigenvalue weighted by atomic mass is 10.2. The smallest absolute Gasteiger partial charge is 0.0738 e. The van der Waals surface area contributed by atoms with Crippen LogP contribution in [0.5, 0.6) is 0 Å². The van der Waals surface area contributed by atoms with Crippen LogP contribution in [-0.2, 0) is 13.5 Å². The van der Waals surface area contributed by atoms with E-state index in [-0.39, 0.29) is 0 Å². The van der Waals surface area contributed by atoms with Gasteiger partial charge in [-0.05, 0) is 12.1 Å². The molecule has 2 N–H and O–H groups in total. The molecule has 0 aliphatic carbocycles. The van der Waals surface area contributed by atoms with Crippen molar-refractivity contribution in [3.8, 4) is 0 Å². The Hall–Kier alpha value is -2.08. The zero-order chi connectivity index (χ0) is 14.7.